The maximum Gasteiger partial charge on any atom is 0.191 e. The molecule has 5 nitrogen and oxygen atoms in total. The van der Waals surface area contributed by atoms with Gasteiger partial charge in [-0.25, -0.2) is 0 Å². The molecule has 2 N–H and O–H groups in total. The molecule has 6 heteroatoms. The number of hydrogen-bond acceptors (Lipinski definition) is 4. The molecule has 144 valence electrons. The van der Waals surface area contributed by atoms with E-state index in [1.165, 1.54) is 69.5 Å². The first kappa shape index (κ1) is 19.3. The van der Waals surface area contributed by atoms with Crippen molar-refractivity contribution >= 4 is 17.7 Å². The van der Waals surface area contributed by atoms with E-state index in [-0.39, 0.29) is 0 Å². The molecule has 0 aromatic heterocycles. The zero-order valence-corrected chi connectivity index (χ0v) is 16.7. The van der Waals surface area contributed by atoms with E-state index in [9.17, 15) is 0 Å². The van der Waals surface area contributed by atoms with Crippen LogP contribution >= 0.6 is 11.8 Å². The van der Waals surface area contributed by atoms with Crippen LogP contribution < -0.4 is 10.6 Å². The molecule has 0 spiro atoms. The lowest BCUT2D eigenvalue weighted by Gasteiger charge is -2.47. The van der Waals surface area contributed by atoms with Gasteiger partial charge in [0, 0.05) is 49.8 Å². The zero-order valence-electron chi connectivity index (χ0n) is 15.9. The molecule has 3 aliphatic rings. The van der Waals surface area contributed by atoms with Gasteiger partial charge in [-0.2, -0.15) is 11.8 Å². The van der Waals surface area contributed by atoms with E-state index < -0.39 is 0 Å². The Morgan fingerprint density at radius 3 is 2.64 bits per heavy atom. The molecule has 0 amide bonds. The van der Waals surface area contributed by atoms with Crippen molar-refractivity contribution in [1.29, 1.82) is 0 Å². The van der Waals surface area contributed by atoms with E-state index in [1.54, 1.807) is 0 Å². The van der Waals surface area contributed by atoms with Crippen LogP contribution in [0.1, 0.15) is 51.9 Å². The maximum atomic E-state index is 5.74. The fourth-order valence-electron chi connectivity index (χ4n) is 4.41. The predicted molar refractivity (Wildman–Crippen MR) is 108 cm³/mol. The molecule has 0 aromatic carbocycles. The molecule has 1 unspecified atom stereocenters. The Hall–Kier alpha value is -0.460. The second-order valence-electron chi connectivity index (χ2n) is 7.60. The summed E-state index contributed by atoms with van der Waals surface area (Å²) in [5.74, 6) is 3.53. The quantitative estimate of drug-likeness (QED) is 0.557. The van der Waals surface area contributed by atoms with Crippen LogP contribution in [0, 0.1) is 0 Å². The number of rotatable bonds is 6. The first-order valence-corrected chi connectivity index (χ1v) is 11.4. The predicted octanol–water partition coefficient (Wildman–Crippen LogP) is 2.47. The standard InChI is InChI=1S/C19H36N4OS/c1-2-20-18(21-15-17-7-6-12-24-17)22-16-19(8-4-3-5-9-19)23-10-13-25-14-11-23/h17H,2-16H2,1H3,(H2,20,21,22). The van der Waals surface area contributed by atoms with Crippen molar-refractivity contribution in [3.63, 3.8) is 0 Å². The largest absolute Gasteiger partial charge is 0.376 e. The molecule has 2 saturated heterocycles. The van der Waals surface area contributed by atoms with Crippen molar-refractivity contribution in [2.75, 3.05) is 50.8 Å². The second kappa shape index (κ2) is 10.0. The molecule has 3 fully saturated rings. The number of thioether (sulfide) groups is 1. The normalized spacial score (nSPS) is 28.0. The number of ether oxygens (including phenoxy) is 1. The van der Waals surface area contributed by atoms with E-state index in [0.717, 1.165) is 32.2 Å². The third-order valence-corrected chi connectivity index (χ3v) is 6.81. The van der Waals surface area contributed by atoms with Gasteiger partial charge in [0.05, 0.1) is 12.6 Å². The molecule has 1 saturated carbocycles. The molecule has 0 bridgehead atoms. The molecule has 2 heterocycles. The van der Waals surface area contributed by atoms with E-state index in [0.29, 0.717) is 11.6 Å². The molecule has 2 aliphatic heterocycles. The first-order valence-electron chi connectivity index (χ1n) is 10.3. The molecular formula is C19H36N4OS. The van der Waals surface area contributed by atoms with Crippen LogP contribution in [0.15, 0.2) is 4.99 Å². The fraction of sp³-hybridized carbons (Fsp3) is 0.947. The fourth-order valence-corrected chi connectivity index (χ4v) is 5.31. The topological polar surface area (TPSA) is 48.9 Å². The summed E-state index contributed by atoms with van der Waals surface area (Å²) in [6, 6.07) is 0. The molecule has 1 atom stereocenters. The summed E-state index contributed by atoms with van der Waals surface area (Å²) in [7, 11) is 0. The Morgan fingerprint density at radius 2 is 1.96 bits per heavy atom. The minimum absolute atomic E-state index is 0.297. The highest BCUT2D eigenvalue weighted by molar-refractivity contribution is 7.99. The van der Waals surface area contributed by atoms with Crippen molar-refractivity contribution in [2.24, 2.45) is 4.99 Å². The zero-order chi connectivity index (χ0) is 17.4. The van der Waals surface area contributed by atoms with Crippen LogP contribution in [0.4, 0.5) is 0 Å². The summed E-state index contributed by atoms with van der Waals surface area (Å²) >= 11 is 2.10. The highest BCUT2D eigenvalue weighted by Crippen LogP contribution is 2.35. The number of hydrogen-bond donors (Lipinski definition) is 2. The van der Waals surface area contributed by atoms with Gasteiger partial charge in [-0.3, -0.25) is 9.89 Å². The Kier molecular flexibility index (Phi) is 7.74. The Morgan fingerprint density at radius 1 is 1.16 bits per heavy atom. The van der Waals surface area contributed by atoms with Crippen LogP contribution in [-0.2, 0) is 4.74 Å². The van der Waals surface area contributed by atoms with Crippen molar-refractivity contribution in [2.45, 2.75) is 63.5 Å². The van der Waals surface area contributed by atoms with Crippen LogP contribution in [0.25, 0.3) is 0 Å². The summed E-state index contributed by atoms with van der Waals surface area (Å²) in [4.78, 5) is 7.80. The number of guanidine groups is 1. The lowest BCUT2D eigenvalue weighted by atomic mass is 9.80. The monoisotopic (exact) mass is 368 g/mol. The summed E-state index contributed by atoms with van der Waals surface area (Å²) < 4.78 is 5.74. The van der Waals surface area contributed by atoms with E-state index in [1.807, 2.05) is 0 Å². The molecule has 25 heavy (non-hydrogen) atoms. The molecule has 0 radical (unpaired) electrons. The van der Waals surface area contributed by atoms with Crippen LogP contribution in [0.3, 0.4) is 0 Å². The average molecular weight is 369 g/mol. The van der Waals surface area contributed by atoms with Gasteiger partial charge in [0.15, 0.2) is 5.96 Å². The van der Waals surface area contributed by atoms with Gasteiger partial charge in [-0.05, 0) is 32.6 Å². The minimum atomic E-state index is 0.297. The molecule has 0 aromatic rings. The van der Waals surface area contributed by atoms with Gasteiger partial charge in [0.1, 0.15) is 0 Å². The average Bonchev–Trinajstić information content (AvgIpc) is 3.19. The van der Waals surface area contributed by atoms with Gasteiger partial charge in [0.2, 0.25) is 0 Å². The summed E-state index contributed by atoms with van der Waals surface area (Å²) in [5.41, 5.74) is 0.297. The first-order chi connectivity index (χ1) is 12.3. The van der Waals surface area contributed by atoms with Gasteiger partial charge in [-0.1, -0.05) is 19.3 Å². The SMILES string of the molecule is CCNC(=NCC1(N2CCSCC2)CCCCC1)NCC1CCCO1. The van der Waals surface area contributed by atoms with E-state index in [4.69, 9.17) is 9.73 Å². The molecular weight excluding hydrogens is 332 g/mol. The molecule has 1 aliphatic carbocycles. The number of nitrogens with zero attached hydrogens (tertiary/aromatic N) is 2. The summed E-state index contributed by atoms with van der Waals surface area (Å²) in [6.07, 6.45) is 9.45. The van der Waals surface area contributed by atoms with Crippen molar-refractivity contribution < 1.29 is 4.74 Å². The maximum absolute atomic E-state index is 5.74. The van der Waals surface area contributed by atoms with Crippen molar-refractivity contribution in [3.8, 4) is 0 Å². The van der Waals surface area contributed by atoms with Gasteiger partial charge in [-0.15, -0.1) is 0 Å². The van der Waals surface area contributed by atoms with Gasteiger partial charge >= 0.3 is 0 Å². The van der Waals surface area contributed by atoms with Gasteiger partial charge in [0.25, 0.3) is 0 Å². The lowest BCUT2D eigenvalue weighted by Crippen LogP contribution is -2.55. The number of nitrogens with one attached hydrogen (secondary N) is 2. The van der Waals surface area contributed by atoms with E-state index in [2.05, 4.69) is 34.2 Å². The highest BCUT2D eigenvalue weighted by Gasteiger charge is 2.38. The van der Waals surface area contributed by atoms with Crippen LogP contribution in [0.5, 0.6) is 0 Å². The third-order valence-electron chi connectivity index (χ3n) is 5.86. The Bertz CT molecular complexity index is 414. The van der Waals surface area contributed by atoms with Crippen molar-refractivity contribution in [1.82, 2.24) is 15.5 Å². The smallest absolute Gasteiger partial charge is 0.191 e. The highest BCUT2D eigenvalue weighted by atomic mass is 32.2. The summed E-state index contributed by atoms with van der Waals surface area (Å²) in [6.45, 7) is 8.24. The molecule has 3 rings (SSSR count). The Labute approximate surface area is 157 Å². The number of aliphatic imine (C=N–C) groups is 1. The van der Waals surface area contributed by atoms with Crippen molar-refractivity contribution in [3.05, 3.63) is 0 Å². The van der Waals surface area contributed by atoms with Crippen LogP contribution in [-0.4, -0.2) is 73.3 Å². The lowest BCUT2D eigenvalue weighted by molar-refractivity contribution is 0.0671. The Balaban J connectivity index is 1.61. The van der Waals surface area contributed by atoms with Crippen LogP contribution in [0.2, 0.25) is 0 Å². The third kappa shape index (κ3) is 5.51. The minimum Gasteiger partial charge on any atom is -0.376 e. The van der Waals surface area contributed by atoms with E-state index >= 15 is 0 Å². The van der Waals surface area contributed by atoms with Gasteiger partial charge < -0.3 is 15.4 Å². The second-order valence-corrected chi connectivity index (χ2v) is 8.82. The summed E-state index contributed by atoms with van der Waals surface area (Å²) in [5, 5.41) is 6.94.